The first-order chi connectivity index (χ1) is 10.8. The van der Waals surface area contributed by atoms with E-state index in [1.807, 2.05) is 0 Å². The number of unbranched alkanes of at least 4 members (excludes halogenated alkanes) is 6. The Kier molecular flexibility index (Phi) is 5.65. The maximum atomic E-state index is 5.07. The predicted molar refractivity (Wildman–Crippen MR) is 94.3 cm³/mol. The van der Waals surface area contributed by atoms with Crippen LogP contribution in [0, 0.1) is 0 Å². The summed E-state index contributed by atoms with van der Waals surface area (Å²) in [7, 11) is 0. The molecule has 1 N–H and O–H groups in total. The Morgan fingerprint density at radius 2 is 1.68 bits per heavy atom. The van der Waals surface area contributed by atoms with E-state index in [1.54, 1.807) is 0 Å². The minimum atomic E-state index is 0.587. The van der Waals surface area contributed by atoms with Crippen molar-refractivity contribution in [3.05, 3.63) is 0 Å². The Morgan fingerprint density at radius 1 is 1.00 bits per heavy atom. The van der Waals surface area contributed by atoms with Crippen LogP contribution in [0.3, 0.4) is 0 Å². The van der Waals surface area contributed by atoms with Gasteiger partial charge in [0.1, 0.15) is 0 Å². The van der Waals surface area contributed by atoms with Crippen LogP contribution < -0.4 is 5.32 Å². The largest absolute Gasteiger partial charge is 0.354 e. The van der Waals surface area contributed by atoms with E-state index in [1.165, 1.54) is 83.0 Å². The SMILES string of the molecule is CCCCCCCCCC1CC2CCC3CC(C)NC(=N1)N23. The molecule has 0 aromatic rings. The van der Waals surface area contributed by atoms with Gasteiger partial charge in [0.05, 0.1) is 6.04 Å². The van der Waals surface area contributed by atoms with E-state index in [0.29, 0.717) is 12.1 Å². The molecule has 3 aliphatic rings. The Hall–Kier alpha value is -0.730. The van der Waals surface area contributed by atoms with Gasteiger partial charge in [0, 0.05) is 18.1 Å². The first kappa shape index (κ1) is 16.1. The standard InChI is InChI=1S/C19H35N3/c1-3-4-5-6-7-8-9-10-16-14-18-12-11-17-13-15(2)20-19(21-16)22(17)18/h15-18H,3-14H2,1-2H3,(H,20,21). The molecular formula is C19H35N3. The molecule has 0 aromatic heterocycles. The fraction of sp³-hybridized carbons (Fsp3) is 0.947. The molecule has 2 saturated heterocycles. The lowest BCUT2D eigenvalue weighted by molar-refractivity contribution is 0.209. The molecule has 3 rings (SSSR count). The van der Waals surface area contributed by atoms with E-state index in [2.05, 4.69) is 24.1 Å². The highest BCUT2D eigenvalue weighted by atomic mass is 15.4. The van der Waals surface area contributed by atoms with Crippen LogP contribution in [0.15, 0.2) is 4.99 Å². The van der Waals surface area contributed by atoms with Crippen LogP contribution in [-0.2, 0) is 0 Å². The monoisotopic (exact) mass is 305 g/mol. The summed E-state index contributed by atoms with van der Waals surface area (Å²) < 4.78 is 0. The molecule has 0 aromatic carbocycles. The minimum Gasteiger partial charge on any atom is -0.354 e. The molecule has 0 saturated carbocycles. The number of hydrogen-bond acceptors (Lipinski definition) is 3. The molecule has 3 heteroatoms. The summed E-state index contributed by atoms with van der Waals surface area (Å²) >= 11 is 0. The number of aliphatic imine (C=N–C) groups is 1. The van der Waals surface area contributed by atoms with Crippen molar-refractivity contribution in [2.75, 3.05) is 0 Å². The van der Waals surface area contributed by atoms with Gasteiger partial charge in [-0.3, -0.25) is 0 Å². The Balaban J connectivity index is 1.42. The van der Waals surface area contributed by atoms with Crippen molar-refractivity contribution in [2.45, 2.75) is 115 Å². The van der Waals surface area contributed by atoms with E-state index < -0.39 is 0 Å². The third kappa shape index (κ3) is 3.78. The van der Waals surface area contributed by atoms with Crippen LogP contribution >= 0.6 is 0 Å². The van der Waals surface area contributed by atoms with Gasteiger partial charge in [0.25, 0.3) is 0 Å². The summed E-state index contributed by atoms with van der Waals surface area (Å²) in [4.78, 5) is 7.70. The Bertz CT molecular complexity index is 379. The molecule has 0 aliphatic carbocycles. The summed E-state index contributed by atoms with van der Waals surface area (Å²) in [6, 6.07) is 2.76. The third-order valence-electron chi connectivity index (χ3n) is 5.86. The first-order valence-electron chi connectivity index (χ1n) is 9.90. The molecule has 0 radical (unpaired) electrons. The highest BCUT2D eigenvalue weighted by molar-refractivity contribution is 5.83. The van der Waals surface area contributed by atoms with Gasteiger partial charge in [0.15, 0.2) is 5.96 Å². The molecule has 126 valence electrons. The van der Waals surface area contributed by atoms with Crippen LogP contribution in [0.25, 0.3) is 0 Å². The second kappa shape index (κ2) is 7.70. The van der Waals surface area contributed by atoms with Gasteiger partial charge in [-0.15, -0.1) is 0 Å². The van der Waals surface area contributed by atoms with Crippen molar-refractivity contribution in [1.82, 2.24) is 10.2 Å². The summed E-state index contributed by atoms with van der Waals surface area (Å²) in [5.41, 5.74) is 0. The molecule has 4 unspecified atom stereocenters. The molecule has 0 amide bonds. The summed E-state index contributed by atoms with van der Waals surface area (Å²) in [5.74, 6) is 1.24. The fourth-order valence-electron chi connectivity index (χ4n) is 4.69. The molecule has 0 spiro atoms. The van der Waals surface area contributed by atoms with E-state index in [9.17, 15) is 0 Å². The van der Waals surface area contributed by atoms with E-state index >= 15 is 0 Å². The summed E-state index contributed by atoms with van der Waals surface area (Å²) in [6.45, 7) is 4.60. The van der Waals surface area contributed by atoms with Gasteiger partial charge >= 0.3 is 0 Å². The number of rotatable bonds is 8. The lowest BCUT2D eigenvalue weighted by atomic mass is 9.97. The number of nitrogens with zero attached hydrogens (tertiary/aromatic N) is 2. The van der Waals surface area contributed by atoms with E-state index in [4.69, 9.17) is 4.99 Å². The Morgan fingerprint density at radius 3 is 2.45 bits per heavy atom. The quantitative estimate of drug-likeness (QED) is 0.670. The molecule has 3 heterocycles. The second-order valence-corrected chi connectivity index (χ2v) is 7.83. The molecule has 3 aliphatic heterocycles. The first-order valence-corrected chi connectivity index (χ1v) is 9.90. The van der Waals surface area contributed by atoms with Crippen LogP contribution in [0.2, 0.25) is 0 Å². The van der Waals surface area contributed by atoms with Crippen molar-refractivity contribution >= 4 is 5.96 Å². The second-order valence-electron chi connectivity index (χ2n) is 7.83. The smallest absolute Gasteiger partial charge is 0.194 e. The van der Waals surface area contributed by atoms with Gasteiger partial charge in [-0.1, -0.05) is 51.9 Å². The van der Waals surface area contributed by atoms with E-state index in [-0.39, 0.29) is 0 Å². The van der Waals surface area contributed by atoms with E-state index in [0.717, 1.165) is 12.1 Å². The van der Waals surface area contributed by atoms with Crippen LogP contribution in [0.5, 0.6) is 0 Å². The molecular weight excluding hydrogens is 270 g/mol. The van der Waals surface area contributed by atoms with Crippen LogP contribution in [-0.4, -0.2) is 35.0 Å². The topological polar surface area (TPSA) is 27.6 Å². The molecule has 22 heavy (non-hydrogen) atoms. The van der Waals surface area contributed by atoms with Gasteiger partial charge in [-0.05, 0) is 39.0 Å². The molecule has 0 bridgehead atoms. The number of guanidine groups is 1. The van der Waals surface area contributed by atoms with Crippen molar-refractivity contribution in [2.24, 2.45) is 4.99 Å². The number of hydrogen-bond donors (Lipinski definition) is 1. The average molecular weight is 306 g/mol. The average Bonchev–Trinajstić information content (AvgIpc) is 2.90. The normalized spacial score (nSPS) is 33.4. The van der Waals surface area contributed by atoms with Crippen molar-refractivity contribution in [3.8, 4) is 0 Å². The van der Waals surface area contributed by atoms with Crippen molar-refractivity contribution in [1.29, 1.82) is 0 Å². The van der Waals surface area contributed by atoms with Gasteiger partial charge < -0.3 is 10.2 Å². The zero-order valence-corrected chi connectivity index (χ0v) is 14.7. The van der Waals surface area contributed by atoms with Gasteiger partial charge in [-0.2, -0.15) is 0 Å². The van der Waals surface area contributed by atoms with Crippen LogP contribution in [0.1, 0.15) is 90.9 Å². The zero-order valence-electron chi connectivity index (χ0n) is 14.7. The molecule has 4 atom stereocenters. The van der Waals surface area contributed by atoms with Crippen molar-refractivity contribution in [3.63, 3.8) is 0 Å². The maximum Gasteiger partial charge on any atom is 0.194 e. The lowest BCUT2D eigenvalue weighted by Gasteiger charge is -2.44. The fourth-order valence-corrected chi connectivity index (χ4v) is 4.69. The predicted octanol–water partition coefficient (Wildman–Crippen LogP) is 4.47. The zero-order chi connectivity index (χ0) is 15.4. The van der Waals surface area contributed by atoms with Gasteiger partial charge in [-0.25, -0.2) is 4.99 Å². The Labute approximate surface area is 136 Å². The maximum absolute atomic E-state index is 5.07. The van der Waals surface area contributed by atoms with Crippen molar-refractivity contribution < 1.29 is 0 Å². The summed E-state index contributed by atoms with van der Waals surface area (Å²) in [6.07, 6.45) is 16.5. The highest BCUT2D eigenvalue weighted by Crippen LogP contribution is 2.36. The minimum absolute atomic E-state index is 0.587. The lowest BCUT2D eigenvalue weighted by Crippen LogP contribution is -2.59. The molecule has 2 fully saturated rings. The number of nitrogens with one attached hydrogen (secondary N) is 1. The van der Waals surface area contributed by atoms with Crippen LogP contribution in [0.4, 0.5) is 0 Å². The third-order valence-corrected chi connectivity index (χ3v) is 5.86. The summed E-state index contributed by atoms with van der Waals surface area (Å²) in [5, 5.41) is 3.65. The van der Waals surface area contributed by atoms with Gasteiger partial charge in [0.2, 0.25) is 0 Å². The molecule has 3 nitrogen and oxygen atoms in total. The highest BCUT2D eigenvalue weighted by Gasteiger charge is 2.43.